The van der Waals surface area contributed by atoms with Gasteiger partial charge < -0.3 is 24.9 Å². The van der Waals surface area contributed by atoms with E-state index in [1.165, 1.54) is 12.1 Å². The number of carboxylic acids is 1. The van der Waals surface area contributed by atoms with Gasteiger partial charge in [-0.15, -0.1) is 0 Å². The Morgan fingerprint density at radius 3 is 2.30 bits per heavy atom. The van der Waals surface area contributed by atoms with E-state index < -0.39 is 5.97 Å². The lowest BCUT2D eigenvalue weighted by atomic mass is 9.87. The Bertz CT molecular complexity index is 1700. The van der Waals surface area contributed by atoms with Gasteiger partial charge in [-0.25, -0.2) is 14.8 Å². The number of imidazole rings is 1. The number of hydrogen-bond donors (Lipinski definition) is 3. The smallest absolute Gasteiger partial charge is 0.335 e. The van der Waals surface area contributed by atoms with Gasteiger partial charge in [-0.3, -0.25) is 4.79 Å². The first-order valence-electron chi connectivity index (χ1n) is 12.7. The van der Waals surface area contributed by atoms with Gasteiger partial charge in [-0.2, -0.15) is 0 Å². The van der Waals surface area contributed by atoms with E-state index in [9.17, 15) is 14.7 Å². The van der Waals surface area contributed by atoms with Gasteiger partial charge in [0.15, 0.2) is 11.5 Å². The Morgan fingerprint density at radius 1 is 0.950 bits per heavy atom. The topological polar surface area (TPSA) is 118 Å². The Balaban J connectivity index is 1.46. The molecule has 0 aliphatic carbocycles. The minimum absolute atomic E-state index is 0.00840. The number of ether oxygens (including phenoxy) is 1. The number of amides is 1. The SMILES string of the molecule is COc1ccc(-c2cn3ccnc3c(Nc3ccc(C(=O)O)cc3)n2)cc1NC(=O)c1ccc(C(C)(C)C)cc1. The first-order chi connectivity index (χ1) is 19.1. The summed E-state index contributed by atoms with van der Waals surface area (Å²) in [6.07, 6.45) is 5.33. The van der Waals surface area contributed by atoms with E-state index in [0.717, 1.165) is 11.1 Å². The number of aromatic carboxylic acids is 1. The van der Waals surface area contributed by atoms with Crippen LogP contribution in [0.5, 0.6) is 5.75 Å². The molecular weight excluding hydrogens is 506 g/mol. The summed E-state index contributed by atoms with van der Waals surface area (Å²) in [5, 5.41) is 15.4. The van der Waals surface area contributed by atoms with E-state index in [-0.39, 0.29) is 16.9 Å². The van der Waals surface area contributed by atoms with Gasteiger partial charge in [0.05, 0.1) is 24.1 Å². The van der Waals surface area contributed by atoms with E-state index in [4.69, 9.17) is 9.72 Å². The third-order valence-electron chi connectivity index (χ3n) is 6.53. The van der Waals surface area contributed by atoms with E-state index in [2.05, 4.69) is 36.4 Å². The van der Waals surface area contributed by atoms with Crippen molar-refractivity contribution < 1.29 is 19.4 Å². The summed E-state index contributed by atoms with van der Waals surface area (Å²) in [5.41, 5.74) is 5.03. The summed E-state index contributed by atoms with van der Waals surface area (Å²) < 4.78 is 7.36. The van der Waals surface area contributed by atoms with Crippen LogP contribution in [0, 0.1) is 0 Å². The fraction of sp³-hybridized carbons (Fsp3) is 0.161. The van der Waals surface area contributed by atoms with Gasteiger partial charge in [-0.1, -0.05) is 32.9 Å². The molecule has 1 amide bonds. The molecule has 5 aromatic rings. The molecule has 0 aliphatic heterocycles. The highest BCUT2D eigenvalue weighted by Gasteiger charge is 2.17. The molecule has 0 atom stereocenters. The lowest BCUT2D eigenvalue weighted by Gasteiger charge is -2.19. The van der Waals surface area contributed by atoms with Crippen LogP contribution in [0.1, 0.15) is 47.1 Å². The maximum Gasteiger partial charge on any atom is 0.335 e. The predicted molar refractivity (Wildman–Crippen MR) is 155 cm³/mol. The molecule has 0 radical (unpaired) electrons. The first-order valence-corrected chi connectivity index (χ1v) is 12.7. The van der Waals surface area contributed by atoms with Gasteiger partial charge in [0.2, 0.25) is 0 Å². The highest BCUT2D eigenvalue weighted by atomic mass is 16.5. The summed E-state index contributed by atoms with van der Waals surface area (Å²) in [5.74, 6) is -0.234. The van der Waals surface area contributed by atoms with Crippen LogP contribution in [0.25, 0.3) is 16.9 Å². The number of hydrogen-bond acceptors (Lipinski definition) is 6. The third-order valence-corrected chi connectivity index (χ3v) is 6.53. The molecule has 0 saturated heterocycles. The fourth-order valence-corrected chi connectivity index (χ4v) is 4.27. The molecular formula is C31H29N5O4. The number of nitrogens with one attached hydrogen (secondary N) is 2. The van der Waals surface area contributed by atoms with Crippen LogP contribution in [-0.4, -0.2) is 38.5 Å². The summed E-state index contributed by atoms with van der Waals surface area (Å²) in [6.45, 7) is 6.39. The number of methoxy groups -OCH3 is 1. The molecule has 202 valence electrons. The van der Waals surface area contributed by atoms with Crippen molar-refractivity contribution in [2.45, 2.75) is 26.2 Å². The summed E-state index contributed by atoms with van der Waals surface area (Å²) >= 11 is 0. The van der Waals surface area contributed by atoms with Gasteiger partial charge in [0.25, 0.3) is 5.91 Å². The molecule has 0 spiro atoms. The molecule has 5 rings (SSSR count). The molecule has 9 nitrogen and oxygen atoms in total. The molecule has 3 aromatic carbocycles. The second-order valence-corrected chi connectivity index (χ2v) is 10.3. The van der Waals surface area contributed by atoms with E-state index in [1.807, 2.05) is 53.2 Å². The molecule has 2 aromatic heterocycles. The molecule has 0 saturated carbocycles. The number of carboxylic acid groups (broad SMARTS) is 1. The van der Waals surface area contributed by atoms with Gasteiger partial charge in [-0.05, 0) is 65.6 Å². The Morgan fingerprint density at radius 2 is 1.65 bits per heavy atom. The average molecular weight is 536 g/mol. The van der Waals surface area contributed by atoms with Crippen molar-refractivity contribution in [3.05, 3.63) is 102 Å². The van der Waals surface area contributed by atoms with Crippen LogP contribution >= 0.6 is 0 Å². The minimum Gasteiger partial charge on any atom is -0.495 e. The number of fused-ring (bicyclic) bond motifs is 1. The van der Waals surface area contributed by atoms with Gasteiger partial charge >= 0.3 is 5.97 Å². The number of benzene rings is 3. The molecule has 0 fully saturated rings. The fourth-order valence-electron chi connectivity index (χ4n) is 4.27. The second kappa shape index (κ2) is 10.5. The van der Waals surface area contributed by atoms with Crippen LogP contribution in [0.2, 0.25) is 0 Å². The highest BCUT2D eigenvalue weighted by Crippen LogP contribution is 2.32. The lowest BCUT2D eigenvalue weighted by Crippen LogP contribution is -2.15. The molecule has 40 heavy (non-hydrogen) atoms. The minimum atomic E-state index is -0.994. The second-order valence-electron chi connectivity index (χ2n) is 10.3. The summed E-state index contributed by atoms with van der Waals surface area (Å²) in [4.78, 5) is 33.5. The normalized spacial score (nSPS) is 11.3. The number of anilines is 3. The quantitative estimate of drug-likeness (QED) is 0.221. The molecule has 9 heteroatoms. The van der Waals surface area contributed by atoms with Crippen molar-refractivity contribution in [1.29, 1.82) is 0 Å². The molecule has 0 aliphatic rings. The maximum absolute atomic E-state index is 13.1. The van der Waals surface area contributed by atoms with Crippen molar-refractivity contribution >= 4 is 34.7 Å². The van der Waals surface area contributed by atoms with Crippen LogP contribution in [0.3, 0.4) is 0 Å². The third kappa shape index (κ3) is 5.49. The van der Waals surface area contributed by atoms with Crippen molar-refractivity contribution in [2.24, 2.45) is 0 Å². The largest absolute Gasteiger partial charge is 0.495 e. The molecule has 3 N–H and O–H groups in total. The zero-order chi connectivity index (χ0) is 28.4. The standard InChI is InChI=1S/C31H29N5O4/c1-31(2,3)22-10-5-19(6-11-22)29(37)35-24-17-21(9-14-26(24)40-4)25-18-36-16-15-32-28(36)27(34-25)33-23-12-7-20(8-13-23)30(38)39/h5-18H,1-4H3,(H,33,34)(H,35,37)(H,38,39). The van der Waals surface area contributed by atoms with Crippen LogP contribution in [0.15, 0.2) is 85.3 Å². The predicted octanol–water partition coefficient (Wildman–Crippen LogP) is 6.40. The maximum atomic E-state index is 13.1. The zero-order valence-corrected chi connectivity index (χ0v) is 22.6. The zero-order valence-electron chi connectivity index (χ0n) is 22.6. The van der Waals surface area contributed by atoms with Crippen molar-refractivity contribution in [2.75, 3.05) is 17.7 Å². The summed E-state index contributed by atoms with van der Waals surface area (Å²) in [6, 6.07) is 19.4. The lowest BCUT2D eigenvalue weighted by molar-refractivity contribution is 0.0696. The Labute approximate surface area is 231 Å². The van der Waals surface area contributed by atoms with E-state index in [0.29, 0.717) is 39.8 Å². The molecule has 0 unspecified atom stereocenters. The number of carbonyl (C=O) groups is 2. The molecule has 0 bridgehead atoms. The first kappa shape index (κ1) is 26.4. The van der Waals surface area contributed by atoms with Gasteiger partial charge in [0, 0.05) is 35.4 Å². The van der Waals surface area contributed by atoms with Crippen LogP contribution in [0.4, 0.5) is 17.2 Å². The highest BCUT2D eigenvalue weighted by molar-refractivity contribution is 6.05. The summed E-state index contributed by atoms with van der Waals surface area (Å²) in [7, 11) is 1.55. The average Bonchev–Trinajstić information content (AvgIpc) is 3.42. The number of nitrogens with zero attached hydrogens (tertiary/aromatic N) is 3. The monoisotopic (exact) mass is 535 g/mol. The van der Waals surface area contributed by atoms with Crippen molar-refractivity contribution in [1.82, 2.24) is 14.4 Å². The Hall–Kier alpha value is -5.18. The van der Waals surface area contributed by atoms with E-state index >= 15 is 0 Å². The van der Waals surface area contributed by atoms with Crippen LogP contribution < -0.4 is 15.4 Å². The van der Waals surface area contributed by atoms with E-state index in [1.54, 1.807) is 31.5 Å². The Kier molecular flexibility index (Phi) is 6.96. The van der Waals surface area contributed by atoms with Gasteiger partial charge in [0.1, 0.15) is 5.75 Å². The van der Waals surface area contributed by atoms with Crippen molar-refractivity contribution in [3.8, 4) is 17.0 Å². The number of rotatable bonds is 7. The molecule has 2 heterocycles. The van der Waals surface area contributed by atoms with Crippen LogP contribution in [-0.2, 0) is 5.41 Å². The number of aromatic nitrogens is 3. The number of carbonyl (C=O) groups excluding carboxylic acids is 1. The van der Waals surface area contributed by atoms with Crippen molar-refractivity contribution in [3.63, 3.8) is 0 Å².